The monoisotopic (exact) mass is 246 g/mol. The summed E-state index contributed by atoms with van der Waals surface area (Å²) in [7, 11) is 0. The van der Waals surface area contributed by atoms with Crippen LogP contribution in [0.15, 0.2) is 30.3 Å². The summed E-state index contributed by atoms with van der Waals surface area (Å²) in [5.41, 5.74) is -0.171. The number of hydrogen-bond acceptors (Lipinski definition) is 3. The molecule has 94 valence electrons. The summed E-state index contributed by atoms with van der Waals surface area (Å²) in [4.78, 5) is 25.5. The van der Waals surface area contributed by atoms with Gasteiger partial charge in [0.2, 0.25) is 0 Å². The van der Waals surface area contributed by atoms with Gasteiger partial charge >= 0.3 is 6.03 Å². The van der Waals surface area contributed by atoms with E-state index in [0.29, 0.717) is 13.2 Å². The Balaban J connectivity index is 1.89. The van der Waals surface area contributed by atoms with E-state index in [1.54, 1.807) is 6.92 Å². The Hall–Kier alpha value is -1.88. The van der Waals surface area contributed by atoms with Crippen LogP contribution in [-0.2, 0) is 15.1 Å². The van der Waals surface area contributed by atoms with E-state index in [1.165, 1.54) is 4.90 Å². The summed E-state index contributed by atoms with van der Waals surface area (Å²) < 4.78 is 5.07. The van der Waals surface area contributed by atoms with Gasteiger partial charge in [0.05, 0.1) is 19.3 Å². The molecule has 0 aromatic heterocycles. The highest BCUT2D eigenvalue weighted by molar-refractivity contribution is 6.07. The molecule has 2 aliphatic rings. The Morgan fingerprint density at radius 1 is 1.39 bits per heavy atom. The minimum Gasteiger partial charge on any atom is -0.371 e. The van der Waals surface area contributed by atoms with Crippen LogP contribution in [0.3, 0.4) is 0 Å². The average molecular weight is 246 g/mol. The number of carbonyl (C=O) groups is 2. The molecule has 5 heteroatoms. The number of carbonyl (C=O) groups excluding carboxylic acids is 2. The zero-order chi connectivity index (χ0) is 12.8. The van der Waals surface area contributed by atoms with Crippen LogP contribution in [0.25, 0.3) is 0 Å². The molecule has 1 N–H and O–H groups in total. The van der Waals surface area contributed by atoms with Crippen molar-refractivity contribution in [3.05, 3.63) is 35.9 Å². The SMILES string of the molecule is CC1(c2ccccc2)NC(=O)N(CC2CO2)C1=O. The third kappa shape index (κ3) is 1.67. The van der Waals surface area contributed by atoms with Crippen molar-refractivity contribution in [1.29, 1.82) is 0 Å². The summed E-state index contributed by atoms with van der Waals surface area (Å²) in [6.07, 6.45) is 0.0119. The van der Waals surface area contributed by atoms with Crippen molar-refractivity contribution in [1.82, 2.24) is 10.2 Å². The summed E-state index contributed by atoms with van der Waals surface area (Å²) in [6, 6.07) is 8.93. The van der Waals surface area contributed by atoms with E-state index in [2.05, 4.69) is 5.32 Å². The molecule has 0 aliphatic carbocycles. The van der Waals surface area contributed by atoms with Crippen LogP contribution in [0, 0.1) is 0 Å². The molecule has 3 amide bonds. The molecule has 18 heavy (non-hydrogen) atoms. The molecule has 1 aromatic rings. The molecule has 0 bridgehead atoms. The normalized spacial score (nSPS) is 30.5. The number of hydrogen-bond donors (Lipinski definition) is 1. The van der Waals surface area contributed by atoms with Gasteiger partial charge in [-0.2, -0.15) is 0 Å². The van der Waals surface area contributed by atoms with Gasteiger partial charge < -0.3 is 10.1 Å². The van der Waals surface area contributed by atoms with Crippen molar-refractivity contribution >= 4 is 11.9 Å². The first-order valence-corrected chi connectivity index (χ1v) is 5.92. The van der Waals surface area contributed by atoms with Crippen molar-refractivity contribution < 1.29 is 14.3 Å². The molecule has 2 heterocycles. The van der Waals surface area contributed by atoms with Gasteiger partial charge in [0.1, 0.15) is 5.54 Å². The predicted octanol–water partition coefficient (Wildman–Crippen LogP) is 0.852. The van der Waals surface area contributed by atoms with Gasteiger partial charge in [0, 0.05) is 0 Å². The fourth-order valence-corrected chi connectivity index (χ4v) is 2.21. The smallest absolute Gasteiger partial charge is 0.325 e. The molecule has 1 aromatic carbocycles. The predicted molar refractivity (Wildman–Crippen MR) is 63.8 cm³/mol. The number of nitrogens with zero attached hydrogens (tertiary/aromatic N) is 1. The highest BCUT2D eigenvalue weighted by Crippen LogP contribution is 2.29. The van der Waals surface area contributed by atoms with Crippen LogP contribution in [0.4, 0.5) is 4.79 Å². The summed E-state index contributed by atoms with van der Waals surface area (Å²) >= 11 is 0. The van der Waals surface area contributed by atoms with E-state index in [9.17, 15) is 9.59 Å². The van der Waals surface area contributed by atoms with Gasteiger partial charge in [-0.25, -0.2) is 4.79 Å². The fourth-order valence-electron chi connectivity index (χ4n) is 2.21. The van der Waals surface area contributed by atoms with Crippen molar-refractivity contribution in [2.75, 3.05) is 13.2 Å². The van der Waals surface area contributed by atoms with Gasteiger partial charge in [-0.15, -0.1) is 0 Å². The second-order valence-electron chi connectivity index (χ2n) is 4.79. The lowest BCUT2D eigenvalue weighted by Crippen LogP contribution is -2.41. The first-order valence-electron chi connectivity index (χ1n) is 5.92. The van der Waals surface area contributed by atoms with Crippen LogP contribution in [-0.4, -0.2) is 36.1 Å². The number of rotatable bonds is 3. The summed E-state index contributed by atoms with van der Waals surface area (Å²) in [5, 5.41) is 2.76. The lowest BCUT2D eigenvalue weighted by atomic mass is 9.92. The lowest BCUT2D eigenvalue weighted by Gasteiger charge is -2.21. The van der Waals surface area contributed by atoms with E-state index in [0.717, 1.165) is 5.56 Å². The number of imide groups is 1. The molecule has 2 aliphatic heterocycles. The summed E-state index contributed by atoms with van der Waals surface area (Å²) in [5.74, 6) is -0.214. The number of amides is 3. The van der Waals surface area contributed by atoms with Crippen molar-refractivity contribution in [2.45, 2.75) is 18.6 Å². The number of urea groups is 1. The zero-order valence-corrected chi connectivity index (χ0v) is 10.1. The highest BCUT2D eigenvalue weighted by atomic mass is 16.6. The van der Waals surface area contributed by atoms with Gasteiger partial charge in [0.15, 0.2) is 0 Å². The maximum atomic E-state index is 12.4. The van der Waals surface area contributed by atoms with Gasteiger partial charge in [0.25, 0.3) is 5.91 Å². The summed E-state index contributed by atoms with van der Waals surface area (Å²) in [6.45, 7) is 2.70. The van der Waals surface area contributed by atoms with Crippen molar-refractivity contribution in [3.8, 4) is 0 Å². The standard InChI is InChI=1S/C13H14N2O3/c1-13(9-5-3-2-4-6-9)11(16)15(12(17)14-13)7-10-8-18-10/h2-6,10H,7-8H2,1H3,(H,14,17). The highest BCUT2D eigenvalue weighted by Gasteiger charge is 2.50. The molecule has 0 spiro atoms. The Morgan fingerprint density at radius 2 is 2.06 bits per heavy atom. The molecule has 2 atom stereocenters. The molecule has 2 saturated heterocycles. The minimum absolute atomic E-state index is 0.0119. The number of epoxide rings is 1. The quantitative estimate of drug-likeness (QED) is 0.635. The van der Waals surface area contributed by atoms with Crippen LogP contribution in [0.2, 0.25) is 0 Å². The van der Waals surface area contributed by atoms with Crippen LogP contribution in [0.5, 0.6) is 0 Å². The Labute approximate surface area is 105 Å². The van der Waals surface area contributed by atoms with E-state index in [1.807, 2.05) is 30.3 Å². The Kier molecular flexibility index (Phi) is 2.38. The third-order valence-corrected chi connectivity index (χ3v) is 3.41. The van der Waals surface area contributed by atoms with Crippen molar-refractivity contribution in [3.63, 3.8) is 0 Å². The molecule has 2 fully saturated rings. The largest absolute Gasteiger partial charge is 0.371 e. The zero-order valence-electron chi connectivity index (χ0n) is 10.1. The first-order chi connectivity index (χ1) is 8.61. The van der Waals surface area contributed by atoms with Gasteiger partial charge in [-0.3, -0.25) is 9.69 Å². The number of benzene rings is 1. The lowest BCUT2D eigenvalue weighted by molar-refractivity contribution is -0.131. The fraction of sp³-hybridized carbons (Fsp3) is 0.385. The molecule has 2 unspecified atom stereocenters. The first kappa shape index (κ1) is 11.2. The molecule has 0 radical (unpaired) electrons. The number of nitrogens with one attached hydrogen (secondary N) is 1. The maximum absolute atomic E-state index is 12.4. The second kappa shape index (κ2) is 3.81. The Morgan fingerprint density at radius 3 is 2.67 bits per heavy atom. The Bertz CT molecular complexity index is 498. The molecular formula is C13H14N2O3. The van der Waals surface area contributed by atoms with E-state index >= 15 is 0 Å². The molecular weight excluding hydrogens is 232 g/mol. The average Bonchev–Trinajstić information content (AvgIpc) is 3.16. The van der Waals surface area contributed by atoms with E-state index in [4.69, 9.17) is 4.74 Å². The van der Waals surface area contributed by atoms with Gasteiger partial charge in [-0.1, -0.05) is 30.3 Å². The van der Waals surface area contributed by atoms with Crippen LogP contribution < -0.4 is 5.32 Å². The van der Waals surface area contributed by atoms with Crippen LogP contribution >= 0.6 is 0 Å². The van der Waals surface area contributed by atoms with E-state index in [-0.39, 0.29) is 18.0 Å². The molecule has 0 saturated carbocycles. The van der Waals surface area contributed by atoms with Gasteiger partial charge in [-0.05, 0) is 12.5 Å². The second-order valence-corrected chi connectivity index (χ2v) is 4.79. The van der Waals surface area contributed by atoms with Crippen molar-refractivity contribution in [2.24, 2.45) is 0 Å². The molecule has 3 rings (SSSR count). The number of ether oxygens (including phenoxy) is 1. The minimum atomic E-state index is -0.965. The maximum Gasteiger partial charge on any atom is 0.325 e. The van der Waals surface area contributed by atoms with Crippen LogP contribution in [0.1, 0.15) is 12.5 Å². The third-order valence-electron chi connectivity index (χ3n) is 3.41. The van der Waals surface area contributed by atoms with E-state index < -0.39 is 5.54 Å². The molecule has 5 nitrogen and oxygen atoms in total. The topological polar surface area (TPSA) is 61.9 Å².